The van der Waals surface area contributed by atoms with Crippen LogP contribution in [0.1, 0.15) is 32.8 Å². The first kappa shape index (κ1) is 16.5. The number of likely N-dealkylation sites (N-methyl/N-ethyl adjacent to an activating group) is 1. The minimum Gasteiger partial charge on any atom is -0.508 e. The van der Waals surface area contributed by atoms with Gasteiger partial charge in [0.2, 0.25) is 5.91 Å². The van der Waals surface area contributed by atoms with Crippen LogP contribution in [0, 0.1) is 5.92 Å². The SMILES string of the molecule is CC(C)CC(C)N(C)C(=O)[C@@H](N)Cc1ccc(O)cc1. The molecule has 0 saturated carbocycles. The molecule has 1 amide bonds. The number of nitrogens with zero attached hydrogens (tertiary/aromatic N) is 1. The van der Waals surface area contributed by atoms with Crippen molar-refractivity contribution in [2.24, 2.45) is 11.7 Å². The molecule has 0 aliphatic carbocycles. The molecule has 0 bridgehead atoms. The molecule has 0 saturated heterocycles. The van der Waals surface area contributed by atoms with Crippen LogP contribution < -0.4 is 5.73 Å². The van der Waals surface area contributed by atoms with Crippen molar-refractivity contribution in [2.75, 3.05) is 7.05 Å². The van der Waals surface area contributed by atoms with E-state index in [0.29, 0.717) is 12.3 Å². The van der Waals surface area contributed by atoms with Gasteiger partial charge in [-0.2, -0.15) is 0 Å². The third-order valence-electron chi connectivity index (χ3n) is 3.53. The normalized spacial score (nSPS) is 14.1. The maximum absolute atomic E-state index is 12.3. The van der Waals surface area contributed by atoms with Crippen LogP contribution in [0.15, 0.2) is 24.3 Å². The minimum absolute atomic E-state index is 0.0359. The second kappa shape index (κ2) is 7.29. The lowest BCUT2D eigenvalue weighted by atomic mass is 10.0. The fraction of sp³-hybridized carbons (Fsp3) is 0.562. The van der Waals surface area contributed by atoms with Crippen molar-refractivity contribution in [2.45, 2.75) is 45.7 Å². The van der Waals surface area contributed by atoms with E-state index in [1.165, 1.54) is 0 Å². The zero-order valence-corrected chi connectivity index (χ0v) is 12.8. The van der Waals surface area contributed by atoms with Gasteiger partial charge >= 0.3 is 0 Å². The predicted octanol–water partition coefficient (Wildman–Crippen LogP) is 2.16. The molecule has 112 valence electrons. The number of amides is 1. The molecular formula is C16H26N2O2. The van der Waals surface area contributed by atoms with E-state index in [1.807, 2.05) is 14.0 Å². The Morgan fingerprint density at radius 1 is 1.25 bits per heavy atom. The Labute approximate surface area is 121 Å². The minimum atomic E-state index is -0.542. The molecule has 0 aliphatic heterocycles. The van der Waals surface area contributed by atoms with E-state index in [9.17, 15) is 9.90 Å². The fourth-order valence-electron chi connectivity index (χ4n) is 2.29. The number of carbonyl (C=O) groups excluding carboxylic acids is 1. The zero-order chi connectivity index (χ0) is 15.3. The van der Waals surface area contributed by atoms with Crippen molar-refractivity contribution in [3.8, 4) is 5.75 Å². The Bertz CT molecular complexity index is 429. The van der Waals surface area contributed by atoms with Gasteiger partial charge in [-0.15, -0.1) is 0 Å². The summed E-state index contributed by atoms with van der Waals surface area (Å²) in [6, 6.07) is 6.45. The molecule has 0 aromatic heterocycles. The number of rotatable bonds is 6. The van der Waals surface area contributed by atoms with Crippen LogP contribution in [-0.2, 0) is 11.2 Å². The highest BCUT2D eigenvalue weighted by Gasteiger charge is 2.22. The highest BCUT2D eigenvalue weighted by Crippen LogP contribution is 2.13. The standard InChI is InChI=1S/C16H26N2O2/c1-11(2)9-12(3)18(4)16(20)15(17)10-13-5-7-14(19)8-6-13/h5-8,11-12,15,19H,9-10,17H2,1-4H3/t12?,15-/m0/s1. The van der Waals surface area contributed by atoms with Gasteiger partial charge in [0.15, 0.2) is 0 Å². The van der Waals surface area contributed by atoms with Crippen molar-refractivity contribution in [1.82, 2.24) is 4.90 Å². The van der Waals surface area contributed by atoms with Gasteiger partial charge in [-0.05, 0) is 43.4 Å². The Hall–Kier alpha value is -1.55. The number of phenolic OH excluding ortho intramolecular Hbond substituents is 1. The quantitative estimate of drug-likeness (QED) is 0.838. The molecule has 1 aromatic carbocycles. The summed E-state index contributed by atoms with van der Waals surface area (Å²) >= 11 is 0. The average Bonchev–Trinajstić information content (AvgIpc) is 2.38. The van der Waals surface area contributed by atoms with Gasteiger partial charge in [0.1, 0.15) is 5.75 Å². The summed E-state index contributed by atoms with van der Waals surface area (Å²) in [5.41, 5.74) is 6.96. The van der Waals surface area contributed by atoms with E-state index in [1.54, 1.807) is 29.2 Å². The van der Waals surface area contributed by atoms with E-state index < -0.39 is 6.04 Å². The monoisotopic (exact) mass is 278 g/mol. The maximum atomic E-state index is 12.3. The number of carbonyl (C=O) groups is 1. The second-order valence-electron chi connectivity index (χ2n) is 5.90. The lowest BCUT2D eigenvalue weighted by Gasteiger charge is -2.28. The van der Waals surface area contributed by atoms with Crippen molar-refractivity contribution in [1.29, 1.82) is 0 Å². The van der Waals surface area contributed by atoms with E-state index in [0.717, 1.165) is 12.0 Å². The number of nitrogens with two attached hydrogens (primary N) is 1. The summed E-state index contributed by atoms with van der Waals surface area (Å²) < 4.78 is 0. The third kappa shape index (κ3) is 4.85. The second-order valence-corrected chi connectivity index (χ2v) is 5.90. The molecule has 20 heavy (non-hydrogen) atoms. The summed E-state index contributed by atoms with van der Waals surface area (Å²) in [5.74, 6) is 0.733. The van der Waals surface area contributed by atoms with Crippen LogP contribution in [0.25, 0.3) is 0 Å². The first-order chi connectivity index (χ1) is 9.31. The molecule has 1 rings (SSSR count). The largest absolute Gasteiger partial charge is 0.508 e. The summed E-state index contributed by atoms with van der Waals surface area (Å²) in [5, 5.41) is 9.24. The molecule has 0 heterocycles. The maximum Gasteiger partial charge on any atom is 0.239 e. The van der Waals surface area contributed by atoms with Crippen molar-refractivity contribution in [3.63, 3.8) is 0 Å². The molecule has 4 nitrogen and oxygen atoms in total. The van der Waals surface area contributed by atoms with Crippen LogP contribution in [0.2, 0.25) is 0 Å². The lowest BCUT2D eigenvalue weighted by molar-refractivity contribution is -0.133. The zero-order valence-electron chi connectivity index (χ0n) is 12.8. The molecule has 0 spiro atoms. The van der Waals surface area contributed by atoms with Gasteiger partial charge in [0.25, 0.3) is 0 Å². The van der Waals surface area contributed by atoms with Crippen molar-refractivity contribution in [3.05, 3.63) is 29.8 Å². The number of phenols is 1. The summed E-state index contributed by atoms with van der Waals surface area (Å²) in [4.78, 5) is 14.0. The predicted molar refractivity (Wildman–Crippen MR) is 81.5 cm³/mol. The summed E-state index contributed by atoms with van der Waals surface area (Å²) in [7, 11) is 1.81. The van der Waals surface area contributed by atoms with Gasteiger partial charge in [0, 0.05) is 13.1 Å². The number of hydrogen-bond donors (Lipinski definition) is 2. The first-order valence-corrected chi connectivity index (χ1v) is 7.11. The number of benzene rings is 1. The molecule has 4 heteroatoms. The van der Waals surface area contributed by atoms with E-state index in [4.69, 9.17) is 5.73 Å². The Morgan fingerprint density at radius 3 is 2.30 bits per heavy atom. The molecule has 1 unspecified atom stereocenters. The van der Waals surface area contributed by atoms with Crippen molar-refractivity contribution < 1.29 is 9.90 Å². The number of hydrogen-bond acceptors (Lipinski definition) is 3. The van der Waals surface area contributed by atoms with Gasteiger partial charge < -0.3 is 15.7 Å². The van der Waals surface area contributed by atoms with Crippen LogP contribution in [0.3, 0.4) is 0 Å². The molecule has 2 atom stereocenters. The molecule has 0 radical (unpaired) electrons. The summed E-state index contributed by atoms with van der Waals surface area (Å²) in [6.45, 7) is 6.33. The Kier molecular flexibility index (Phi) is 6.02. The van der Waals surface area contributed by atoms with E-state index in [-0.39, 0.29) is 17.7 Å². The molecule has 1 aromatic rings. The highest BCUT2D eigenvalue weighted by molar-refractivity contribution is 5.82. The fourth-order valence-corrected chi connectivity index (χ4v) is 2.29. The van der Waals surface area contributed by atoms with Gasteiger partial charge in [-0.1, -0.05) is 26.0 Å². The number of aromatic hydroxyl groups is 1. The summed E-state index contributed by atoms with van der Waals surface area (Å²) in [6.07, 6.45) is 1.45. The van der Waals surface area contributed by atoms with Gasteiger partial charge in [-0.3, -0.25) is 4.79 Å². The van der Waals surface area contributed by atoms with Crippen LogP contribution in [0.4, 0.5) is 0 Å². The van der Waals surface area contributed by atoms with E-state index >= 15 is 0 Å². The van der Waals surface area contributed by atoms with Gasteiger partial charge in [0.05, 0.1) is 6.04 Å². The van der Waals surface area contributed by atoms with Gasteiger partial charge in [-0.25, -0.2) is 0 Å². The molecule has 0 aliphatic rings. The van der Waals surface area contributed by atoms with Crippen molar-refractivity contribution >= 4 is 5.91 Å². The smallest absolute Gasteiger partial charge is 0.239 e. The van der Waals surface area contributed by atoms with E-state index in [2.05, 4.69) is 13.8 Å². The van der Waals surface area contributed by atoms with Crippen LogP contribution in [-0.4, -0.2) is 35.0 Å². The Balaban J connectivity index is 2.59. The van der Waals surface area contributed by atoms with Crippen LogP contribution >= 0.6 is 0 Å². The highest BCUT2D eigenvalue weighted by atomic mass is 16.3. The topological polar surface area (TPSA) is 66.6 Å². The first-order valence-electron chi connectivity index (χ1n) is 7.11. The lowest BCUT2D eigenvalue weighted by Crippen LogP contribution is -2.46. The molecule has 0 fully saturated rings. The third-order valence-corrected chi connectivity index (χ3v) is 3.53. The molecular weight excluding hydrogens is 252 g/mol. The Morgan fingerprint density at radius 2 is 1.80 bits per heavy atom. The average molecular weight is 278 g/mol. The van der Waals surface area contributed by atoms with Crippen LogP contribution in [0.5, 0.6) is 5.75 Å². The molecule has 3 N–H and O–H groups in total.